The van der Waals surface area contributed by atoms with E-state index in [1.54, 1.807) is 0 Å². The van der Waals surface area contributed by atoms with Gasteiger partial charge in [-0.1, -0.05) is 0 Å². The third kappa shape index (κ3) is 1.25. The van der Waals surface area contributed by atoms with Crippen LogP contribution in [0.2, 0.25) is 0 Å². The van der Waals surface area contributed by atoms with E-state index >= 15 is 0 Å². The highest BCUT2D eigenvalue weighted by molar-refractivity contribution is 5.71. The molecule has 0 amide bonds. The van der Waals surface area contributed by atoms with Crippen molar-refractivity contribution < 1.29 is 9.90 Å². The van der Waals surface area contributed by atoms with Crippen molar-refractivity contribution in [3.63, 3.8) is 0 Å². The van der Waals surface area contributed by atoms with Crippen molar-refractivity contribution in [2.75, 3.05) is 13.1 Å². The predicted molar refractivity (Wildman–Crippen MR) is 40.2 cm³/mol. The summed E-state index contributed by atoms with van der Waals surface area (Å²) in [5.74, 6) is 0.410. The molecule has 3 nitrogen and oxygen atoms in total. The second-order valence-electron chi connectivity index (χ2n) is 3.60. The molecule has 0 aromatic rings. The maximum absolute atomic E-state index is 10.7. The summed E-state index contributed by atoms with van der Waals surface area (Å²) in [7, 11) is 0. The first-order chi connectivity index (χ1) is 5.29. The third-order valence-corrected chi connectivity index (χ3v) is 2.81. The van der Waals surface area contributed by atoms with Gasteiger partial charge in [-0.25, -0.2) is 0 Å². The van der Waals surface area contributed by atoms with Gasteiger partial charge in [0.15, 0.2) is 0 Å². The van der Waals surface area contributed by atoms with Gasteiger partial charge in [-0.2, -0.15) is 0 Å². The Bertz CT molecular complexity index is 177. The summed E-state index contributed by atoms with van der Waals surface area (Å²) in [4.78, 5) is 10.7. The zero-order chi connectivity index (χ0) is 7.84. The number of hydrogen-bond donors (Lipinski definition) is 2. The van der Waals surface area contributed by atoms with Gasteiger partial charge in [0.1, 0.15) is 0 Å². The fourth-order valence-electron chi connectivity index (χ4n) is 1.99. The summed E-state index contributed by atoms with van der Waals surface area (Å²) < 4.78 is 0. The summed E-state index contributed by atoms with van der Waals surface area (Å²) in [6, 6.07) is 0. The summed E-state index contributed by atoms with van der Waals surface area (Å²) in [5, 5.41) is 12.0. The van der Waals surface area contributed by atoms with Crippen molar-refractivity contribution in [1.82, 2.24) is 5.32 Å². The zero-order valence-corrected chi connectivity index (χ0v) is 6.42. The van der Waals surface area contributed by atoms with E-state index in [1.807, 2.05) is 0 Å². The number of nitrogens with one attached hydrogen (secondary N) is 1. The van der Waals surface area contributed by atoms with Gasteiger partial charge in [0.25, 0.3) is 0 Å². The van der Waals surface area contributed by atoms with E-state index < -0.39 is 5.97 Å². The zero-order valence-electron chi connectivity index (χ0n) is 6.42. The Labute approximate surface area is 65.8 Å². The molecule has 1 aliphatic heterocycles. The van der Waals surface area contributed by atoms with Crippen molar-refractivity contribution >= 4 is 5.97 Å². The largest absolute Gasteiger partial charge is 0.481 e. The first-order valence-electron chi connectivity index (χ1n) is 4.22. The van der Waals surface area contributed by atoms with Gasteiger partial charge in [0.05, 0.1) is 5.92 Å². The van der Waals surface area contributed by atoms with Crippen molar-refractivity contribution in [2.45, 2.75) is 12.8 Å². The molecule has 2 fully saturated rings. The van der Waals surface area contributed by atoms with E-state index in [1.165, 1.54) is 12.8 Å². The fourth-order valence-corrected chi connectivity index (χ4v) is 1.99. The third-order valence-electron chi connectivity index (χ3n) is 2.81. The maximum Gasteiger partial charge on any atom is 0.308 e. The van der Waals surface area contributed by atoms with Gasteiger partial charge in [-0.15, -0.1) is 0 Å². The monoisotopic (exact) mass is 155 g/mol. The normalized spacial score (nSPS) is 37.5. The van der Waals surface area contributed by atoms with E-state index in [2.05, 4.69) is 5.32 Å². The van der Waals surface area contributed by atoms with Crippen molar-refractivity contribution in [3.8, 4) is 0 Å². The summed E-state index contributed by atoms with van der Waals surface area (Å²) in [6.07, 6.45) is 2.49. The molecule has 0 aromatic carbocycles. The topological polar surface area (TPSA) is 49.3 Å². The lowest BCUT2D eigenvalue weighted by Crippen LogP contribution is -2.23. The van der Waals surface area contributed by atoms with Crippen LogP contribution < -0.4 is 5.32 Å². The highest BCUT2D eigenvalue weighted by atomic mass is 16.4. The number of hydrogen-bond acceptors (Lipinski definition) is 2. The molecule has 11 heavy (non-hydrogen) atoms. The van der Waals surface area contributed by atoms with Crippen LogP contribution in [-0.4, -0.2) is 24.2 Å². The smallest absolute Gasteiger partial charge is 0.308 e. The Morgan fingerprint density at radius 1 is 1.36 bits per heavy atom. The maximum atomic E-state index is 10.7. The van der Waals surface area contributed by atoms with Crippen LogP contribution in [0.3, 0.4) is 0 Å². The quantitative estimate of drug-likeness (QED) is 0.603. The lowest BCUT2D eigenvalue weighted by atomic mass is 9.92. The van der Waals surface area contributed by atoms with Gasteiger partial charge in [-0.05, 0) is 31.2 Å². The molecule has 2 unspecified atom stereocenters. The van der Waals surface area contributed by atoms with Crippen molar-refractivity contribution in [2.24, 2.45) is 17.8 Å². The van der Waals surface area contributed by atoms with Gasteiger partial charge in [0.2, 0.25) is 0 Å². The SMILES string of the molecule is O=C(O)C1CNCC1C1CC1. The summed E-state index contributed by atoms with van der Waals surface area (Å²) >= 11 is 0. The van der Waals surface area contributed by atoms with Crippen LogP contribution in [0.5, 0.6) is 0 Å². The average Bonchev–Trinajstić information content (AvgIpc) is 2.68. The summed E-state index contributed by atoms with van der Waals surface area (Å²) in [6.45, 7) is 1.60. The van der Waals surface area contributed by atoms with Gasteiger partial charge in [-0.3, -0.25) is 4.79 Å². The van der Waals surface area contributed by atoms with Crippen LogP contribution in [0.4, 0.5) is 0 Å². The first-order valence-corrected chi connectivity index (χ1v) is 4.22. The van der Waals surface area contributed by atoms with E-state index in [-0.39, 0.29) is 5.92 Å². The average molecular weight is 155 g/mol. The van der Waals surface area contributed by atoms with Gasteiger partial charge < -0.3 is 10.4 Å². The van der Waals surface area contributed by atoms with Crippen LogP contribution in [0.25, 0.3) is 0 Å². The van der Waals surface area contributed by atoms with E-state index in [0.29, 0.717) is 18.4 Å². The Balaban J connectivity index is 2.01. The first kappa shape index (κ1) is 7.10. The van der Waals surface area contributed by atoms with Crippen LogP contribution in [0.15, 0.2) is 0 Å². The Morgan fingerprint density at radius 3 is 2.64 bits per heavy atom. The lowest BCUT2D eigenvalue weighted by Gasteiger charge is -2.12. The second-order valence-corrected chi connectivity index (χ2v) is 3.60. The fraction of sp³-hybridized carbons (Fsp3) is 0.875. The Hall–Kier alpha value is -0.570. The summed E-state index contributed by atoms with van der Waals surface area (Å²) in [5.41, 5.74) is 0. The molecule has 62 valence electrons. The van der Waals surface area contributed by atoms with Gasteiger partial charge >= 0.3 is 5.97 Å². The van der Waals surface area contributed by atoms with E-state index in [4.69, 9.17) is 5.11 Å². The predicted octanol–water partition coefficient (Wildman–Crippen LogP) is 0.317. The van der Waals surface area contributed by atoms with Crippen molar-refractivity contribution in [3.05, 3.63) is 0 Å². The molecule has 2 N–H and O–H groups in total. The molecule has 0 bridgehead atoms. The molecule has 1 heterocycles. The Kier molecular flexibility index (Phi) is 1.60. The molecule has 1 aliphatic carbocycles. The van der Waals surface area contributed by atoms with E-state index in [0.717, 1.165) is 6.54 Å². The minimum Gasteiger partial charge on any atom is -0.481 e. The lowest BCUT2D eigenvalue weighted by molar-refractivity contribution is -0.142. The molecule has 2 atom stereocenters. The van der Waals surface area contributed by atoms with Crippen LogP contribution in [0.1, 0.15) is 12.8 Å². The molecule has 3 heteroatoms. The van der Waals surface area contributed by atoms with E-state index in [9.17, 15) is 4.79 Å². The minimum atomic E-state index is -0.619. The number of aliphatic carboxylic acids is 1. The molecule has 1 saturated carbocycles. The molecular weight excluding hydrogens is 142 g/mol. The highest BCUT2D eigenvalue weighted by Crippen LogP contribution is 2.41. The number of carboxylic acids is 1. The molecule has 1 saturated heterocycles. The van der Waals surface area contributed by atoms with Gasteiger partial charge in [0, 0.05) is 6.54 Å². The number of rotatable bonds is 2. The van der Waals surface area contributed by atoms with Crippen LogP contribution in [0, 0.1) is 17.8 Å². The molecule has 0 aromatic heterocycles. The molecule has 0 spiro atoms. The molecule has 0 radical (unpaired) electrons. The molecular formula is C8H13NO2. The Morgan fingerprint density at radius 2 is 2.09 bits per heavy atom. The second kappa shape index (κ2) is 2.48. The van der Waals surface area contributed by atoms with Crippen LogP contribution >= 0.6 is 0 Å². The minimum absolute atomic E-state index is 0.109. The highest BCUT2D eigenvalue weighted by Gasteiger charge is 2.42. The number of carboxylic acid groups (broad SMARTS) is 1. The molecule has 2 aliphatic rings. The standard InChI is InChI=1S/C8H13NO2/c10-8(11)7-4-9-3-6(7)5-1-2-5/h5-7,9H,1-4H2,(H,10,11). The molecule has 2 rings (SSSR count). The van der Waals surface area contributed by atoms with Crippen molar-refractivity contribution in [1.29, 1.82) is 0 Å². The van der Waals surface area contributed by atoms with Crippen LogP contribution in [-0.2, 0) is 4.79 Å². The number of carbonyl (C=O) groups is 1.